The van der Waals surface area contributed by atoms with Gasteiger partial charge in [-0.3, -0.25) is 13.9 Å². The molecule has 0 heterocycles. The van der Waals surface area contributed by atoms with E-state index in [-0.39, 0.29) is 45.5 Å². The van der Waals surface area contributed by atoms with Gasteiger partial charge in [-0.15, -0.1) is 0 Å². The molecule has 1 aliphatic carbocycles. The van der Waals surface area contributed by atoms with E-state index in [2.05, 4.69) is 5.32 Å². The van der Waals surface area contributed by atoms with Crippen LogP contribution in [0.2, 0.25) is 15.1 Å². The minimum absolute atomic E-state index is 0.00204. The standard InChI is InChI=1S/C31H33Cl3FN3O4S/c1-2-29(31(40)36-22-9-5-3-6-10-22)37(19-21-13-15-25(32)26(33)17-21)30(39)20-38(23-14-16-28(35)27(34)18-23)43(41,42)24-11-7-4-8-12-24/h4,7-8,11-18,22,29H,2-3,5-6,9-10,19-20H2,1H3,(H,36,40)/t29-/m1/s1. The van der Waals surface area contributed by atoms with Crippen molar-refractivity contribution in [3.05, 3.63) is 93.2 Å². The minimum atomic E-state index is -4.31. The summed E-state index contributed by atoms with van der Waals surface area (Å²) in [4.78, 5) is 29.1. The summed E-state index contributed by atoms with van der Waals surface area (Å²) in [6.07, 6.45) is 5.14. The Kier molecular flexibility index (Phi) is 11.3. The predicted octanol–water partition coefficient (Wildman–Crippen LogP) is 7.24. The molecule has 0 bridgehead atoms. The number of sulfonamides is 1. The monoisotopic (exact) mass is 667 g/mol. The van der Waals surface area contributed by atoms with Gasteiger partial charge in [-0.05, 0) is 67.3 Å². The average Bonchev–Trinajstić information content (AvgIpc) is 3.00. The number of nitrogens with one attached hydrogen (secondary N) is 1. The number of nitrogens with zero attached hydrogens (tertiary/aromatic N) is 2. The van der Waals surface area contributed by atoms with E-state index < -0.39 is 34.3 Å². The quantitative estimate of drug-likeness (QED) is 0.234. The third-order valence-corrected chi connectivity index (χ3v) is 10.3. The predicted molar refractivity (Wildman–Crippen MR) is 168 cm³/mol. The molecule has 1 fully saturated rings. The van der Waals surface area contributed by atoms with Crippen LogP contribution in [-0.4, -0.2) is 43.8 Å². The average molecular weight is 669 g/mol. The van der Waals surface area contributed by atoms with Gasteiger partial charge < -0.3 is 10.2 Å². The Balaban J connectivity index is 1.73. The first-order chi connectivity index (χ1) is 20.5. The molecular weight excluding hydrogens is 636 g/mol. The van der Waals surface area contributed by atoms with Gasteiger partial charge in [0, 0.05) is 12.6 Å². The van der Waals surface area contributed by atoms with Crippen LogP contribution in [0.5, 0.6) is 0 Å². The molecule has 43 heavy (non-hydrogen) atoms. The highest BCUT2D eigenvalue weighted by Gasteiger charge is 2.34. The number of carbonyl (C=O) groups excluding carboxylic acids is 2. The zero-order valence-corrected chi connectivity index (χ0v) is 26.7. The first kappa shape index (κ1) is 33.1. The zero-order chi connectivity index (χ0) is 31.1. The second-order valence-electron chi connectivity index (χ2n) is 10.5. The lowest BCUT2D eigenvalue weighted by atomic mass is 9.95. The number of carbonyl (C=O) groups is 2. The Hall–Kier alpha value is -2.85. The Morgan fingerprint density at radius 3 is 2.26 bits per heavy atom. The molecule has 3 aromatic carbocycles. The molecule has 0 saturated heterocycles. The van der Waals surface area contributed by atoms with E-state index in [4.69, 9.17) is 34.8 Å². The Morgan fingerprint density at radius 2 is 1.63 bits per heavy atom. The number of benzene rings is 3. The lowest BCUT2D eigenvalue weighted by Crippen LogP contribution is -2.54. The summed E-state index contributed by atoms with van der Waals surface area (Å²) in [5, 5.41) is 3.40. The van der Waals surface area contributed by atoms with Crippen LogP contribution >= 0.6 is 34.8 Å². The van der Waals surface area contributed by atoms with E-state index in [1.165, 1.54) is 23.1 Å². The first-order valence-corrected chi connectivity index (χ1v) is 16.6. The number of amides is 2. The highest BCUT2D eigenvalue weighted by atomic mass is 35.5. The molecule has 1 N–H and O–H groups in total. The maximum Gasteiger partial charge on any atom is 0.264 e. The summed E-state index contributed by atoms with van der Waals surface area (Å²) in [5.74, 6) is -1.69. The number of anilines is 1. The fourth-order valence-corrected chi connectivity index (χ4v) is 7.11. The van der Waals surface area contributed by atoms with Crippen molar-refractivity contribution in [2.24, 2.45) is 0 Å². The summed E-state index contributed by atoms with van der Waals surface area (Å²) < 4.78 is 42.7. The first-order valence-electron chi connectivity index (χ1n) is 14.1. The summed E-state index contributed by atoms with van der Waals surface area (Å²) in [7, 11) is -4.31. The molecule has 0 aliphatic heterocycles. The number of halogens is 4. The maximum absolute atomic E-state index is 14.2. The van der Waals surface area contributed by atoms with Crippen molar-refractivity contribution in [1.29, 1.82) is 0 Å². The van der Waals surface area contributed by atoms with Crippen LogP contribution < -0.4 is 9.62 Å². The van der Waals surface area contributed by atoms with Gasteiger partial charge in [-0.25, -0.2) is 12.8 Å². The van der Waals surface area contributed by atoms with E-state index in [9.17, 15) is 22.4 Å². The Labute approximate surface area is 267 Å². The fourth-order valence-electron chi connectivity index (χ4n) is 5.19. The van der Waals surface area contributed by atoms with Crippen LogP contribution in [0.4, 0.5) is 10.1 Å². The molecule has 0 radical (unpaired) electrons. The summed E-state index contributed by atoms with van der Waals surface area (Å²) in [5.41, 5.74) is 0.603. The van der Waals surface area contributed by atoms with Gasteiger partial charge in [-0.2, -0.15) is 0 Å². The summed E-state index contributed by atoms with van der Waals surface area (Å²) in [6, 6.07) is 15.0. The smallest absolute Gasteiger partial charge is 0.264 e. The molecule has 0 spiro atoms. The largest absolute Gasteiger partial charge is 0.352 e. The second-order valence-corrected chi connectivity index (χ2v) is 13.5. The molecule has 4 rings (SSSR count). The van der Waals surface area contributed by atoms with Crippen LogP contribution in [0.15, 0.2) is 71.6 Å². The number of rotatable bonds is 11. The molecule has 3 aromatic rings. The van der Waals surface area contributed by atoms with Crippen LogP contribution in [0.3, 0.4) is 0 Å². The molecule has 2 amide bonds. The van der Waals surface area contributed by atoms with Crippen molar-refractivity contribution in [3.63, 3.8) is 0 Å². The third-order valence-electron chi connectivity index (χ3n) is 7.48. The van der Waals surface area contributed by atoms with Gasteiger partial charge in [0.1, 0.15) is 18.4 Å². The lowest BCUT2D eigenvalue weighted by Gasteiger charge is -2.34. The van der Waals surface area contributed by atoms with Crippen molar-refractivity contribution in [1.82, 2.24) is 10.2 Å². The van der Waals surface area contributed by atoms with Crippen molar-refractivity contribution < 1.29 is 22.4 Å². The second kappa shape index (κ2) is 14.8. The SMILES string of the molecule is CC[C@H](C(=O)NC1CCCCC1)N(Cc1ccc(Cl)c(Cl)c1)C(=O)CN(c1ccc(F)c(Cl)c1)S(=O)(=O)c1ccccc1. The van der Waals surface area contributed by atoms with Crippen molar-refractivity contribution in [2.45, 2.75) is 69.0 Å². The van der Waals surface area contributed by atoms with Gasteiger partial charge in [0.25, 0.3) is 10.0 Å². The summed E-state index contributed by atoms with van der Waals surface area (Å²) in [6.45, 7) is 1.09. The molecule has 1 aliphatic rings. The van der Waals surface area contributed by atoms with Crippen LogP contribution in [0.25, 0.3) is 0 Å². The molecule has 230 valence electrons. The third kappa shape index (κ3) is 8.20. The van der Waals surface area contributed by atoms with Crippen LogP contribution in [-0.2, 0) is 26.2 Å². The fraction of sp³-hybridized carbons (Fsp3) is 0.355. The topological polar surface area (TPSA) is 86.8 Å². The van der Waals surface area contributed by atoms with E-state index in [1.807, 2.05) is 0 Å². The number of hydrogen-bond acceptors (Lipinski definition) is 4. The van der Waals surface area contributed by atoms with Gasteiger partial charge in [-0.1, -0.05) is 85.3 Å². The highest BCUT2D eigenvalue weighted by molar-refractivity contribution is 7.92. The zero-order valence-electron chi connectivity index (χ0n) is 23.6. The van der Waals surface area contributed by atoms with E-state index in [0.717, 1.165) is 48.5 Å². The van der Waals surface area contributed by atoms with E-state index in [1.54, 1.807) is 43.3 Å². The van der Waals surface area contributed by atoms with Gasteiger partial charge in [0.2, 0.25) is 11.8 Å². The Bertz CT molecular complexity index is 1550. The lowest BCUT2D eigenvalue weighted by molar-refractivity contribution is -0.140. The molecule has 12 heteroatoms. The molecular formula is C31H33Cl3FN3O4S. The van der Waals surface area contributed by atoms with E-state index >= 15 is 0 Å². The van der Waals surface area contributed by atoms with Gasteiger partial charge in [0.05, 0.1) is 25.7 Å². The maximum atomic E-state index is 14.2. The van der Waals surface area contributed by atoms with Gasteiger partial charge >= 0.3 is 0 Å². The van der Waals surface area contributed by atoms with Crippen molar-refractivity contribution >= 4 is 62.3 Å². The van der Waals surface area contributed by atoms with Crippen molar-refractivity contribution in [2.75, 3.05) is 10.8 Å². The molecule has 1 saturated carbocycles. The normalized spacial score (nSPS) is 14.6. The molecule has 1 atom stereocenters. The van der Waals surface area contributed by atoms with Gasteiger partial charge in [0.15, 0.2) is 0 Å². The van der Waals surface area contributed by atoms with Crippen LogP contribution in [0, 0.1) is 5.82 Å². The number of hydrogen-bond donors (Lipinski definition) is 1. The Morgan fingerprint density at radius 1 is 0.930 bits per heavy atom. The van der Waals surface area contributed by atoms with Crippen LogP contribution in [0.1, 0.15) is 51.0 Å². The molecule has 7 nitrogen and oxygen atoms in total. The van der Waals surface area contributed by atoms with Crippen molar-refractivity contribution in [3.8, 4) is 0 Å². The highest BCUT2D eigenvalue weighted by Crippen LogP contribution is 2.29. The van der Waals surface area contributed by atoms with E-state index in [0.29, 0.717) is 10.6 Å². The summed E-state index contributed by atoms with van der Waals surface area (Å²) >= 11 is 18.4. The molecule has 0 aromatic heterocycles. The minimum Gasteiger partial charge on any atom is -0.352 e. The molecule has 0 unspecified atom stereocenters.